The van der Waals surface area contributed by atoms with Gasteiger partial charge < -0.3 is 10.4 Å². The Balaban J connectivity index is 2.34. The summed E-state index contributed by atoms with van der Waals surface area (Å²) in [4.78, 5) is 0. The van der Waals surface area contributed by atoms with E-state index in [0.29, 0.717) is 0 Å². The van der Waals surface area contributed by atoms with Crippen molar-refractivity contribution in [3.05, 3.63) is 36.4 Å². The van der Waals surface area contributed by atoms with Gasteiger partial charge in [-0.05, 0) is 11.6 Å². The van der Waals surface area contributed by atoms with Gasteiger partial charge in [0.05, 0.1) is 12.6 Å². The maximum absolute atomic E-state index is 9.24. The maximum atomic E-state index is 9.24. The largest absolute Gasteiger partial charge is 0.391 e. The predicted molar refractivity (Wildman–Crippen MR) is 44.1 cm³/mol. The van der Waals surface area contributed by atoms with Crippen molar-refractivity contribution in [3.63, 3.8) is 0 Å². The zero-order chi connectivity index (χ0) is 7.68. The van der Waals surface area contributed by atoms with Gasteiger partial charge in [0, 0.05) is 12.1 Å². The van der Waals surface area contributed by atoms with Crippen LogP contribution in [-0.4, -0.2) is 11.2 Å². The number of aliphatic hydroxyl groups excluding tert-OH is 1. The van der Waals surface area contributed by atoms with Gasteiger partial charge in [-0.3, -0.25) is 0 Å². The average molecular weight is 148 g/mol. The van der Waals surface area contributed by atoms with Crippen LogP contribution in [0.25, 0.3) is 0 Å². The predicted octanol–water partition coefficient (Wildman–Crippen LogP) is 1.18. The van der Waals surface area contributed by atoms with Gasteiger partial charge in [-0.15, -0.1) is 0 Å². The summed E-state index contributed by atoms with van der Waals surface area (Å²) in [5.41, 5.74) is 2.29. The SMILES string of the molecule is OC1[CH]Nc2ccccc2C1. The van der Waals surface area contributed by atoms with Crippen LogP contribution in [0.15, 0.2) is 24.3 Å². The Labute approximate surface area is 65.9 Å². The van der Waals surface area contributed by atoms with Gasteiger partial charge in [-0.1, -0.05) is 18.2 Å². The summed E-state index contributed by atoms with van der Waals surface area (Å²) >= 11 is 0. The minimum absolute atomic E-state index is 0.343. The molecule has 0 aromatic heterocycles. The topological polar surface area (TPSA) is 32.3 Å². The third kappa shape index (κ3) is 1.21. The van der Waals surface area contributed by atoms with Crippen LogP contribution >= 0.6 is 0 Å². The highest BCUT2D eigenvalue weighted by Crippen LogP contribution is 2.22. The molecule has 0 bridgehead atoms. The fourth-order valence-corrected chi connectivity index (χ4v) is 1.31. The van der Waals surface area contributed by atoms with Gasteiger partial charge in [0.25, 0.3) is 0 Å². The monoisotopic (exact) mass is 148 g/mol. The van der Waals surface area contributed by atoms with Crippen molar-refractivity contribution >= 4 is 5.69 Å². The fourth-order valence-electron chi connectivity index (χ4n) is 1.31. The molecular weight excluding hydrogens is 138 g/mol. The summed E-state index contributed by atoms with van der Waals surface area (Å²) in [6.45, 7) is 1.71. The van der Waals surface area contributed by atoms with Crippen LogP contribution in [0.3, 0.4) is 0 Å². The van der Waals surface area contributed by atoms with E-state index in [2.05, 4.69) is 5.32 Å². The van der Waals surface area contributed by atoms with Crippen LogP contribution in [0.5, 0.6) is 0 Å². The highest BCUT2D eigenvalue weighted by atomic mass is 16.3. The Morgan fingerprint density at radius 2 is 2.18 bits per heavy atom. The number of nitrogens with one attached hydrogen (secondary N) is 1. The van der Waals surface area contributed by atoms with Crippen molar-refractivity contribution in [2.24, 2.45) is 0 Å². The Bertz CT molecular complexity index is 259. The lowest BCUT2D eigenvalue weighted by Gasteiger charge is -2.21. The molecule has 1 heterocycles. The van der Waals surface area contributed by atoms with Crippen molar-refractivity contribution in [2.45, 2.75) is 12.5 Å². The summed E-state index contributed by atoms with van der Waals surface area (Å²) in [5.74, 6) is 0. The van der Waals surface area contributed by atoms with E-state index >= 15 is 0 Å². The molecule has 1 atom stereocenters. The Morgan fingerprint density at radius 1 is 1.36 bits per heavy atom. The molecule has 2 N–H and O–H groups in total. The average Bonchev–Trinajstić information content (AvgIpc) is 2.04. The van der Waals surface area contributed by atoms with E-state index in [1.165, 1.54) is 5.56 Å². The third-order valence-electron chi connectivity index (χ3n) is 1.88. The quantitative estimate of drug-likeness (QED) is 0.579. The van der Waals surface area contributed by atoms with E-state index < -0.39 is 0 Å². The third-order valence-corrected chi connectivity index (χ3v) is 1.88. The van der Waals surface area contributed by atoms with Gasteiger partial charge >= 0.3 is 0 Å². The molecule has 1 radical (unpaired) electrons. The van der Waals surface area contributed by atoms with Gasteiger partial charge in [-0.25, -0.2) is 0 Å². The number of fused-ring (bicyclic) bond motifs is 1. The first-order valence-corrected chi connectivity index (χ1v) is 3.72. The Hall–Kier alpha value is -1.02. The summed E-state index contributed by atoms with van der Waals surface area (Å²) in [5, 5.41) is 12.3. The van der Waals surface area contributed by atoms with Crippen LogP contribution in [0, 0.1) is 6.54 Å². The number of benzene rings is 1. The van der Waals surface area contributed by atoms with Gasteiger partial charge in [0.1, 0.15) is 0 Å². The molecule has 2 rings (SSSR count). The molecule has 1 aliphatic heterocycles. The van der Waals surface area contributed by atoms with E-state index in [9.17, 15) is 5.11 Å². The Kier molecular flexibility index (Phi) is 1.55. The molecule has 57 valence electrons. The number of hydrogen-bond donors (Lipinski definition) is 2. The number of aliphatic hydroxyl groups is 1. The van der Waals surface area contributed by atoms with Gasteiger partial charge in [0.15, 0.2) is 0 Å². The van der Waals surface area contributed by atoms with Gasteiger partial charge in [0.2, 0.25) is 0 Å². The Morgan fingerprint density at radius 3 is 3.09 bits per heavy atom. The van der Waals surface area contributed by atoms with E-state index in [-0.39, 0.29) is 6.10 Å². The lowest BCUT2D eigenvalue weighted by Crippen LogP contribution is -2.22. The molecule has 0 spiro atoms. The molecule has 1 aliphatic rings. The second kappa shape index (κ2) is 2.55. The minimum atomic E-state index is -0.343. The zero-order valence-electron chi connectivity index (χ0n) is 6.12. The van der Waals surface area contributed by atoms with Crippen LogP contribution in [0.1, 0.15) is 5.56 Å². The number of para-hydroxylation sites is 1. The van der Waals surface area contributed by atoms with Crippen LogP contribution in [0.2, 0.25) is 0 Å². The second-order valence-electron chi connectivity index (χ2n) is 2.74. The maximum Gasteiger partial charge on any atom is 0.0803 e. The zero-order valence-corrected chi connectivity index (χ0v) is 6.12. The fraction of sp³-hybridized carbons (Fsp3) is 0.222. The first-order chi connectivity index (χ1) is 5.36. The molecule has 0 amide bonds. The van der Waals surface area contributed by atoms with E-state index in [0.717, 1.165) is 12.1 Å². The second-order valence-corrected chi connectivity index (χ2v) is 2.74. The van der Waals surface area contributed by atoms with E-state index in [1.54, 1.807) is 6.54 Å². The molecule has 0 saturated carbocycles. The lowest BCUT2D eigenvalue weighted by molar-refractivity contribution is 0.206. The van der Waals surface area contributed by atoms with Gasteiger partial charge in [-0.2, -0.15) is 0 Å². The lowest BCUT2D eigenvalue weighted by atomic mass is 10.0. The highest BCUT2D eigenvalue weighted by Gasteiger charge is 2.14. The first kappa shape index (κ1) is 6.68. The van der Waals surface area contributed by atoms with Crippen LogP contribution < -0.4 is 5.32 Å². The minimum Gasteiger partial charge on any atom is -0.391 e. The normalized spacial score (nSPS) is 22.1. The van der Waals surface area contributed by atoms with E-state index in [1.807, 2.05) is 24.3 Å². The molecule has 1 aromatic carbocycles. The molecular formula is C9H10NO. The van der Waals surface area contributed by atoms with E-state index in [4.69, 9.17) is 0 Å². The standard InChI is InChI=1S/C9H10NO/c11-8-5-7-3-1-2-4-9(7)10-6-8/h1-4,6,8,10-11H,5H2. The molecule has 1 unspecified atom stereocenters. The van der Waals surface area contributed by atoms with Crippen molar-refractivity contribution in [1.82, 2.24) is 0 Å². The number of hydrogen-bond acceptors (Lipinski definition) is 2. The first-order valence-electron chi connectivity index (χ1n) is 3.72. The molecule has 1 aromatic rings. The summed E-state index contributed by atoms with van der Waals surface area (Å²) in [7, 11) is 0. The van der Waals surface area contributed by atoms with Crippen molar-refractivity contribution < 1.29 is 5.11 Å². The summed E-state index contributed by atoms with van der Waals surface area (Å²) in [6.07, 6.45) is 0.383. The molecule has 2 heteroatoms. The smallest absolute Gasteiger partial charge is 0.0803 e. The number of rotatable bonds is 0. The molecule has 2 nitrogen and oxygen atoms in total. The number of anilines is 1. The van der Waals surface area contributed by atoms with Crippen molar-refractivity contribution in [3.8, 4) is 0 Å². The molecule has 0 aliphatic carbocycles. The molecule has 11 heavy (non-hydrogen) atoms. The van der Waals surface area contributed by atoms with Crippen LogP contribution in [-0.2, 0) is 6.42 Å². The molecule has 0 saturated heterocycles. The summed E-state index contributed by atoms with van der Waals surface area (Å²) < 4.78 is 0. The van der Waals surface area contributed by atoms with Crippen molar-refractivity contribution in [2.75, 3.05) is 5.32 Å². The highest BCUT2D eigenvalue weighted by molar-refractivity contribution is 5.54. The van der Waals surface area contributed by atoms with Crippen LogP contribution in [0.4, 0.5) is 5.69 Å². The summed E-state index contributed by atoms with van der Waals surface area (Å²) in [6, 6.07) is 8.01. The molecule has 0 fully saturated rings. The van der Waals surface area contributed by atoms with Crippen molar-refractivity contribution in [1.29, 1.82) is 0 Å².